The van der Waals surface area contributed by atoms with Gasteiger partial charge in [0.15, 0.2) is 5.76 Å². The fourth-order valence-corrected chi connectivity index (χ4v) is 4.02. The van der Waals surface area contributed by atoms with Gasteiger partial charge in [0.05, 0.1) is 16.3 Å². The number of carbonyl (C=O) groups is 1. The van der Waals surface area contributed by atoms with E-state index in [1.165, 1.54) is 19.3 Å². The molecule has 0 spiro atoms. The van der Waals surface area contributed by atoms with E-state index >= 15 is 0 Å². The number of rotatable bonds is 3. The van der Waals surface area contributed by atoms with Crippen LogP contribution in [0.15, 0.2) is 21.2 Å². The van der Waals surface area contributed by atoms with Crippen LogP contribution in [-0.2, 0) is 0 Å². The minimum atomic E-state index is -0.291. The van der Waals surface area contributed by atoms with E-state index in [0.717, 1.165) is 43.2 Å². The van der Waals surface area contributed by atoms with Crippen molar-refractivity contribution in [3.63, 3.8) is 0 Å². The van der Waals surface area contributed by atoms with Gasteiger partial charge in [0.2, 0.25) is 5.78 Å². The summed E-state index contributed by atoms with van der Waals surface area (Å²) in [5.41, 5.74) is -0.291. The minimum Gasteiger partial charge on any atom is -0.460 e. The molecule has 0 atom stereocenters. The highest BCUT2D eigenvalue weighted by Crippen LogP contribution is 2.40. The molecule has 2 aliphatic rings. The van der Waals surface area contributed by atoms with Crippen molar-refractivity contribution in [1.29, 1.82) is 0 Å². The second-order valence-electron chi connectivity index (χ2n) is 5.71. The summed E-state index contributed by atoms with van der Waals surface area (Å²) in [5, 5.41) is 0. The molecule has 1 aliphatic heterocycles. The number of ketones is 1. The second-order valence-corrected chi connectivity index (χ2v) is 6.57. The van der Waals surface area contributed by atoms with Gasteiger partial charge in [0, 0.05) is 0 Å². The molecule has 3 rings (SSSR count). The van der Waals surface area contributed by atoms with Gasteiger partial charge in [-0.1, -0.05) is 19.3 Å². The van der Waals surface area contributed by atoms with Crippen molar-refractivity contribution in [2.75, 3.05) is 13.1 Å². The lowest BCUT2D eigenvalue weighted by molar-refractivity contribution is 0.0450. The van der Waals surface area contributed by atoms with Crippen LogP contribution in [0.25, 0.3) is 0 Å². The Labute approximate surface area is 122 Å². The summed E-state index contributed by atoms with van der Waals surface area (Å²) < 4.78 is 6.22. The van der Waals surface area contributed by atoms with E-state index in [0.29, 0.717) is 5.76 Å². The Morgan fingerprint density at radius 2 is 1.84 bits per heavy atom. The maximum Gasteiger partial charge on any atom is 0.219 e. The van der Waals surface area contributed by atoms with Crippen molar-refractivity contribution >= 4 is 21.7 Å². The third-order valence-corrected chi connectivity index (χ3v) is 5.26. The summed E-state index contributed by atoms with van der Waals surface area (Å²) in [6.45, 7) is 2.12. The normalized spacial score (nSPS) is 23.6. The average molecular weight is 326 g/mol. The zero-order chi connectivity index (χ0) is 13.3. The van der Waals surface area contributed by atoms with Gasteiger partial charge >= 0.3 is 0 Å². The van der Waals surface area contributed by atoms with Gasteiger partial charge in [0.1, 0.15) is 0 Å². The second kappa shape index (κ2) is 5.41. The fourth-order valence-electron chi connectivity index (χ4n) is 3.64. The Bertz CT molecular complexity index is 456. The van der Waals surface area contributed by atoms with Crippen molar-refractivity contribution < 1.29 is 9.21 Å². The van der Waals surface area contributed by atoms with Crippen LogP contribution in [0, 0.1) is 0 Å². The first-order chi connectivity index (χ1) is 9.24. The lowest BCUT2D eigenvalue weighted by atomic mass is 9.86. The molecule has 0 amide bonds. The summed E-state index contributed by atoms with van der Waals surface area (Å²) in [7, 11) is 0. The monoisotopic (exact) mass is 325 g/mol. The molecule has 0 unspecified atom stereocenters. The molecule has 2 heterocycles. The molecular formula is C15H20BrNO2. The molecule has 1 aliphatic carbocycles. The maximum absolute atomic E-state index is 13.0. The number of nitrogens with zero attached hydrogens (tertiary/aromatic N) is 1. The number of likely N-dealkylation sites (tertiary alicyclic amines) is 1. The molecule has 1 aromatic heterocycles. The van der Waals surface area contributed by atoms with Crippen molar-refractivity contribution in [3.05, 3.63) is 22.6 Å². The van der Waals surface area contributed by atoms with E-state index in [2.05, 4.69) is 20.8 Å². The highest BCUT2D eigenvalue weighted by Gasteiger charge is 2.47. The van der Waals surface area contributed by atoms with Crippen LogP contribution in [0.1, 0.15) is 55.5 Å². The molecule has 1 aromatic rings. The Hall–Kier alpha value is -0.610. The van der Waals surface area contributed by atoms with Gasteiger partial charge in [-0.3, -0.25) is 9.69 Å². The van der Waals surface area contributed by atoms with Gasteiger partial charge in [-0.05, 0) is 60.8 Å². The zero-order valence-corrected chi connectivity index (χ0v) is 12.7. The Morgan fingerprint density at radius 1 is 1.16 bits per heavy atom. The van der Waals surface area contributed by atoms with Gasteiger partial charge in [-0.25, -0.2) is 0 Å². The lowest BCUT2D eigenvalue weighted by Gasteiger charge is -2.41. The van der Waals surface area contributed by atoms with Crippen LogP contribution in [0.4, 0.5) is 0 Å². The highest BCUT2D eigenvalue weighted by atomic mass is 79.9. The van der Waals surface area contributed by atoms with E-state index in [1.807, 2.05) is 6.07 Å². The molecule has 4 heteroatoms. The number of piperidine rings is 1. The number of halogens is 1. The summed E-state index contributed by atoms with van der Waals surface area (Å²) in [6, 6.07) is 1.81. The SMILES string of the molecule is O=C(c1occc1Br)C1(N2CCCCC2)CCCC1. The van der Waals surface area contributed by atoms with Gasteiger partial charge in [-0.2, -0.15) is 0 Å². The quantitative estimate of drug-likeness (QED) is 0.787. The molecule has 1 saturated carbocycles. The first kappa shape index (κ1) is 13.4. The van der Waals surface area contributed by atoms with E-state index < -0.39 is 0 Å². The largest absolute Gasteiger partial charge is 0.460 e. The van der Waals surface area contributed by atoms with Crippen LogP contribution in [0.3, 0.4) is 0 Å². The first-order valence-electron chi connectivity index (χ1n) is 7.27. The van der Waals surface area contributed by atoms with Crippen LogP contribution >= 0.6 is 15.9 Å². The van der Waals surface area contributed by atoms with E-state index in [1.54, 1.807) is 6.26 Å². The van der Waals surface area contributed by atoms with Crippen LogP contribution in [0.2, 0.25) is 0 Å². The van der Waals surface area contributed by atoms with Gasteiger partial charge in [0.25, 0.3) is 0 Å². The maximum atomic E-state index is 13.0. The van der Waals surface area contributed by atoms with Crippen LogP contribution < -0.4 is 0 Å². The number of hydrogen-bond acceptors (Lipinski definition) is 3. The summed E-state index contributed by atoms with van der Waals surface area (Å²) in [6.07, 6.45) is 9.60. The molecule has 0 bridgehead atoms. The summed E-state index contributed by atoms with van der Waals surface area (Å²) >= 11 is 3.43. The van der Waals surface area contributed by atoms with E-state index in [-0.39, 0.29) is 11.3 Å². The van der Waals surface area contributed by atoms with E-state index in [4.69, 9.17) is 4.42 Å². The summed E-state index contributed by atoms with van der Waals surface area (Å²) in [5.74, 6) is 0.691. The molecule has 1 saturated heterocycles. The number of hydrogen-bond donors (Lipinski definition) is 0. The number of furan rings is 1. The average Bonchev–Trinajstić information content (AvgIpc) is 3.08. The Balaban J connectivity index is 1.91. The molecule has 19 heavy (non-hydrogen) atoms. The van der Waals surface area contributed by atoms with Crippen LogP contribution in [0.5, 0.6) is 0 Å². The number of Topliss-reactive ketones (excluding diaryl/α,β-unsaturated/α-hetero) is 1. The summed E-state index contributed by atoms with van der Waals surface area (Å²) in [4.78, 5) is 15.4. The van der Waals surface area contributed by atoms with Crippen molar-refractivity contribution in [2.24, 2.45) is 0 Å². The van der Waals surface area contributed by atoms with Crippen molar-refractivity contribution in [3.8, 4) is 0 Å². The molecule has 104 valence electrons. The molecule has 0 aromatic carbocycles. The zero-order valence-electron chi connectivity index (χ0n) is 11.2. The predicted octanol–water partition coefficient (Wildman–Crippen LogP) is 4.02. The van der Waals surface area contributed by atoms with Crippen molar-refractivity contribution in [2.45, 2.75) is 50.5 Å². The Kier molecular flexibility index (Phi) is 3.81. The minimum absolute atomic E-state index is 0.184. The molecule has 3 nitrogen and oxygen atoms in total. The topological polar surface area (TPSA) is 33.5 Å². The Morgan fingerprint density at radius 3 is 2.42 bits per heavy atom. The first-order valence-corrected chi connectivity index (χ1v) is 8.06. The highest BCUT2D eigenvalue weighted by molar-refractivity contribution is 9.10. The molecule has 0 N–H and O–H groups in total. The third kappa shape index (κ3) is 2.29. The third-order valence-electron chi connectivity index (χ3n) is 4.64. The smallest absolute Gasteiger partial charge is 0.219 e. The van der Waals surface area contributed by atoms with Crippen molar-refractivity contribution in [1.82, 2.24) is 4.90 Å². The van der Waals surface area contributed by atoms with E-state index in [9.17, 15) is 4.79 Å². The molecule has 2 fully saturated rings. The standard InChI is InChI=1S/C15H20BrNO2/c16-12-6-11-19-13(12)14(18)15(7-2-3-8-15)17-9-4-1-5-10-17/h6,11H,1-5,7-10H2. The lowest BCUT2D eigenvalue weighted by Crippen LogP contribution is -2.54. The van der Waals surface area contributed by atoms with Gasteiger partial charge < -0.3 is 4.42 Å². The number of carbonyl (C=O) groups excluding carboxylic acids is 1. The molecule has 0 radical (unpaired) electrons. The fraction of sp³-hybridized carbons (Fsp3) is 0.667. The molecular weight excluding hydrogens is 306 g/mol. The van der Waals surface area contributed by atoms with Crippen LogP contribution in [-0.4, -0.2) is 29.3 Å². The van der Waals surface area contributed by atoms with Gasteiger partial charge in [-0.15, -0.1) is 0 Å². The predicted molar refractivity (Wildman–Crippen MR) is 77.4 cm³/mol.